The molecule has 27 heavy (non-hydrogen) atoms. The number of benzene rings is 1. The monoisotopic (exact) mass is 401 g/mol. The summed E-state index contributed by atoms with van der Waals surface area (Å²) in [4.78, 5) is 32.4. The fourth-order valence-electron chi connectivity index (χ4n) is 3.68. The third-order valence-corrected chi connectivity index (χ3v) is 6.38. The first-order chi connectivity index (χ1) is 13.0. The van der Waals surface area contributed by atoms with Crippen molar-refractivity contribution in [1.29, 1.82) is 0 Å². The van der Waals surface area contributed by atoms with Crippen LogP contribution in [0.2, 0.25) is 5.02 Å². The van der Waals surface area contributed by atoms with Gasteiger partial charge in [-0.15, -0.1) is 11.3 Å². The van der Waals surface area contributed by atoms with Crippen molar-refractivity contribution in [2.45, 2.75) is 6.54 Å². The summed E-state index contributed by atoms with van der Waals surface area (Å²) in [7, 11) is 0. The van der Waals surface area contributed by atoms with Gasteiger partial charge in [-0.25, -0.2) is 4.98 Å². The molecule has 1 spiro atoms. The van der Waals surface area contributed by atoms with Crippen LogP contribution in [0.25, 0.3) is 21.3 Å². The summed E-state index contributed by atoms with van der Waals surface area (Å²) in [6.45, 7) is 2.89. The largest absolute Gasteiger partial charge is 0.380 e. The number of rotatable bonds is 3. The van der Waals surface area contributed by atoms with Crippen LogP contribution in [0.15, 0.2) is 40.8 Å². The number of thiophene rings is 1. The normalized spacial score (nSPS) is 17.7. The van der Waals surface area contributed by atoms with E-state index in [0.717, 1.165) is 24.3 Å². The van der Waals surface area contributed by atoms with E-state index in [1.807, 2.05) is 17.5 Å². The number of halogens is 1. The van der Waals surface area contributed by atoms with E-state index in [-0.39, 0.29) is 23.4 Å². The molecule has 0 atom stereocenters. The molecule has 0 aliphatic carbocycles. The molecule has 0 radical (unpaired) electrons. The Labute approximate surface area is 164 Å². The molecule has 0 unspecified atom stereocenters. The van der Waals surface area contributed by atoms with Gasteiger partial charge in [-0.2, -0.15) is 0 Å². The predicted octanol–water partition coefficient (Wildman–Crippen LogP) is 2.64. The van der Waals surface area contributed by atoms with Crippen LogP contribution in [-0.2, 0) is 16.1 Å². The maximum Gasteiger partial charge on any atom is 0.263 e. The minimum absolute atomic E-state index is 0.00855. The highest BCUT2D eigenvalue weighted by Gasteiger charge is 2.50. The van der Waals surface area contributed by atoms with Crippen LogP contribution in [0, 0.1) is 5.41 Å². The Bertz CT molecular complexity index is 1090. The summed E-state index contributed by atoms with van der Waals surface area (Å²) in [5.41, 5.74) is 1.70. The molecular formula is C19H16ClN3O3S. The van der Waals surface area contributed by atoms with E-state index in [9.17, 15) is 9.59 Å². The van der Waals surface area contributed by atoms with Crippen LogP contribution >= 0.6 is 22.9 Å². The first-order valence-electron chi connectivity index (χ1n) is 8.63. The Morgan fingerprint density at radius 2 is 2.00 bits per heavy atom. The zero-order valence-corrected chi connectivity index (χ0v) is 15.9. The van der Waals surface area contributed by atoms with Gasteiger partial charge >= 0.3 is 0 Å². The first-order valence-corrected chi connectivity index (χ1v) is 9.89. The van der Waals surface area contributed by atoms with Crippen molar-refractivity contribution in [2.24, 2.45) is 5.41 Å². The quantitative estimate of drug-likeness (QED) is 0.676. The molecule has 4 heterocycles. The topological polar surface area (TPSA) is 64.4 Å². The Balaban J connectivity index is 1.44. The third kappa shape index (κ3) is 2.77. The maximum atomic E-state index is 13.0. The van der Waals surface area contributed by atoms with E-state index >= 15 is 0 Å². The number of nitrogens with zero attached hydrogens (tertiary/aromatic N) is 3. The summed E-state index contributed by atoms with van der Waals surface area (Å²) >= 11 is 7.38. The van der Waals surface area contributed by atoms with Gasteiger partial charge in [-0.1, -0.05) is 23.7 Å². The van der Waals surface area contributed by atoms with Gasteiger partial charge in [0.2, 0.25) is 5.91 Å². The fraction of sp³-hybridized carbons (Fsp3) is 0.316. The smallest absolute Gasteiger partial charge is 0.263 e. The molecule has 2 saturated heterocycles. The second-order valence-electron chi connectivity index (χ2n) is 7.26. The van der Waals surface area contributed by atoms with Crippen molar-refractivity contribution in [3.05, 3.63) is 51.3 Å². The van der Waals surface area contributed by atoms with Crippen molar-refractivity contribution < 1.29 is 9.53 Å². The van der Waals surface area contributed by atoms with E-state index in [4.69, 9.17) is 16.3 Å². The first kappa shape index (κ1) is 16.9. The Morgan fingerprint density at radius 1 is 1.26 bits per heavy atom. The van der Waals surface area contributed by atoms with Gasteiger partial charge in [0, 0.05) is 29.1 Å². The lowest BCUT2D eigenvalue weighted by Crippen LogP contribution is -2.67. The standard InChI is InChI=1S/C19H16ClN3O3S/c20-13-3-1-12(2-4-13)14-6-27-17-16(14)18(25)22(11-21-17)5-15(24)23-7-19(8-23)9-26-10-19/h1-4,6,11H,5,7-10H2. The summed E-state index contributed by atoms with van der Waals surface area (Å²) in [5, 5.41) is 3.11. The molecule has 2 fully saturated rings. The number of fused-ring (bicyclic) bond motifs is 1. The van der Waals surface area contributed by atoms with E-state index in [2.05, 4.69) is 4.98 Å². The third-order valence-electron chi connectivity index (χ3n) is 5.24. The highest BCUT2D eigenvalue weighted by Crippen LogP contribution is 2.37. The number of hydrogen-bond donors (Lipinski definition) is 0. The molecule has 1 amide bonds. The highest BCUT2D eigenvalue weighted by molar-refractivity contribution is 7.17. The Hall–Kier alpha value is -2.22. The summed E-state index contributed by atoms with van der Waals surface area (Å²) in [6.07, 6.45) is 1.47. The molecule has 1 aromatic carbocycles. The fourth-order valence-corrected chi connectivity index (χ4v) is 4.71. The average molecular weight is 402 g/mol. The lowest BCUT2D eigenvalue weighted by Gasteiger charge is -2.54. The minimum atomic E-state index is -0.193. The zero-order valence-electron chi connectivity index (χ0n) is 14.4. The minimum Gasteiger partial charge on any atom is -0.380 e. The highest BCUT2D eigenvalue weighted by atomic mass is 35.5. The molecule has 2 aliphatic heterocycles. The molecule has 0 bridgehead atoms. The number of amides is 1. The molecule has 8 heteroatoms. The zero-order chi connectivity index (χ0) is 18.6. The lowest BCUT2D eigenvalue weighted by atomic mass is 9.78. The summed E-state index contributed by atoms with van der Waals surface area (Å²) in [5.74, 6) is -0.0564. The summed E-state index contributed by atoms with van der Waals surface area (Å²) in [6, 6.07) is 7.35. The number of hydrogen-bond acceptors (Lipinski definition) is 5. The number of carbonyl (C=O) groups excluding carboxylic acids is 1. The van der Waals surface area contributed by atoms with E-state index in [0.29, 0.717) is 28.3 Å². The number of ether oxygens (including phenoxy) is 1. The molecule has 2 aliphatic rings. The summed E-state index contributed by atoms with van der Waals surface area (Å²) < 4.78 is 6.64. The molecule has 5 rings (SSSR count). The molecule has 2 aromatic heterocycles. The second-order valence-corrected chi connectivity index (χ2v) is 8.55. The molecule has 0 N–H and O–H groups in total. The van der Waals surface area contributed by atoms with Gasteiger partial charge in [-0.3, -0.25) is 14.2 Å². The molecular weight excluding hydrogens is 386 g/mol. The molecule has 0 saturated carbocycles. The Kier molecular flexibility index (Phi) is 3.86. The van der Waals surface area contributed by atoms with Gasteiger partial charge in [0.15, 0.2) is 0 Å². The van der Waals surface area contributed by atoms with Crippen molar-refractivity contribution in [1.82, 2.24) is 14.5 Å². The predicted molar refractivity (Wildman–Crippen MR) is 104 cm³/mol. The van der Waals surface area contributed by atoms with E-state index < -0.39 is 0 Å². The van der Waals surface area contributed by atoms with Crippen LogP contribution in [0.4, 0.5) is 0 Å². The van der Waals surface area contributed by atoms with Crippen molar-refractivity contribution in [3.8, 4) is 11.1 Å². The van der Waals surface area contributed by atoms with Crippen molar-refractivity contribution in [3.63, 3.8) is 0 Å². The van der Waals surface area contributed by atoms with Crippen LogP contribution in [0.5, 0.6) is 0 Å². The Morgan fingerprint density at radius 3 is 2.67 bits per heavy atom. The van der Waals surface area contributed by atoms with E-state index in [1.165, 1.54) is 22.2 Å². The van der Waals surface area contributed by atoms with Gasteiger partial charge in [0.05, 0.1) is 30.3 Å². The molecule has 138 valence electrons. The number of aromatic nitrogens is 2. The van der Waals surface area contributed by atoms with Crippen LogP contribution in [0.1, 0.15) is 0 Å². The lowest BCUT2D eigenvalue weighted by molar-refractivity contribution is -0.195. The SMILES string of the molecule is O=C(Cn1cnc2scc(-c3ccc(Cl)cc3)c2c1=O)N1CC2(COC2)C1. The molecule has 6 nitrogen and oxygen atoms in total. The maximum absolute atomic E-state index is 13.0. The molecule has 3 aromatic rings. The second kappa shape index (κ2) is 6.15. The van der Waals surface area contributed by atoms with Gasteiger partial charge in [-0.05, 0) is 17.7 Å². The van der Waals surface area contributed by atoms with Gasteiger partial charge < -0.3 is 9.64 Å². The van der Waals surface area contributed by atoms with Gasteiger partial charge in [0.1, 0.15) is 11.4 Å². The van der Waals surface area contributed by atoms with Gasteiger partial charge in [0.25, 0.3) is 5.56 Å². The van der Waals surface area contributed by atoms with Crippen LogP contribution in [-0.4, -0.2) is 46.7 Å². The number of likely N-dealkylation sites (tertiary alicyclic amines) is 1. The van der Waals surface area contributed by atoms with Crippen molar-refractivity contribution in [2.75, 3.05) is 26.3 Å². The number of carbonyl (C=O) groups is 1. The van der Waals surface area contributed by atoms with Crippen molar-refractivity contribution >= 4 is 39.1 Å². The van der Waals surface area contributed by atoms with Crippen LogP contribution in [0.3, 0.4) is 0 Å². The van der Waals surface area contributed by atoms with Crippen LogP contribution < -0.4 is 5.56 Å². The van der Waals surface area contributed by atoms with E-state index in [1.54, 1.807) is 17.0 Å². The average Bonchev–Trinajstić information content (AvgIpc) is 3.00.